The molecule has 0 unspecified atom stereocenters. The van der Waals surface area contributed by atoms with E-state index in [0.717, 1.165) is 31.5 Å². The van der Waals surface area contributed by atoms with Gasteiger partial charge in [0, 0.05) is 18.7 Å². The Morgan fingerprint density at radius 3 is 2.83 bits per heavy atom. The van der Waals surface area contributed by atoms with Crippen molar-refractivity contribution in [1.82, 2.24) is 39.6 Å². The van der Waals surface area contributed by atoms with E-state index in [1.54, 1.807) is 12.3 Å². The van der Waals surface area contributed by atoms with Crippen molar-refractivity contribution in [2.45, 2.75) is 25.3 Å². The minimum atomic E-state index is -0.520. The molecule has 1 aromatic carbocycles. The van der Waals surface area contributed by atoms with Gasteiger partial charge in [-0.3, -0.25) is 4.68 Å². The highest BCUT2D eigenvalue weighted by molar-refractivity contribution is 6.30. The predicted octanol–water partition coefficient (Wildman–Crippen LogP) is 3.06. The maximum Gasteiger partial charge on any atom is 0.187 e. The van der Waals surface area contributed by atoms with E-state index in [2.05, 4.69) is 48.2 Å². The van der Waals surface area contributed by atoms with Gasteiger partial charge in [-0.05, 0) is 50.7 Å². The Morgan fingerprint density at radius 1 is 1.20 bits per heavy atom. The second-order valence-electron chi connectivity index (χ2n) is 7.63. The molecule has 4 aromatic rings. The van der Waals surface area contributed by atoms with Crippen LogP contribution in [-0.2, 0) is 6.42 Å². The number of rotatable bonds is 4. The minimum Gasteiger partial charge on any atom is -0.306 e. The van der Waals surface area contributed by atoms with E-state index >= 15 is 0 Å². The van der Waals surface area contributed by atoms with Gasteiger partial charge in [0.05, 0.1) is 29.1 Å². The molecule has 3 aromatic heterocycles. The van der Waals surface area contributed by atoms with Crippen molar-refractivity contribution in [1.29, 1.82) is 0 Å². The summed E-state index contributed by atoms with van der Waals surface area (Å²) in [5, 5.41) is 12.8. The number of piperidine rings is 1. The fourth-order valence-corrected chi connectivity index (χ4v) is 3.87. The number of benzene rings is 1. The number of likely N-dealkylation sites (tertiary alicyclic amines) is 1. The van der Waals surface area contributed by atoms with E-state index in [0.29, 0.717) is 35.1 Å². The van der Waals surface area contributed by atoms with Crippen LogP contribution in [0.2, 0.25) is 5.02 Å². The molecule has 1 aliphatic rings. The SMILES string of the molecule is CN1CCC(n2cc(Cc3ncc4nnn(-c5ccc(Cl)c(F)c5)c4n3)cn2)CC1. The number of aromatic nitrogens is 7. The summed E-state index contributed by atoms with van der Waals surface area (Å²) in [5.74, 6) is 0.108. The van der Waals surface area contributed by atoms with Gasteiger partial charge in [0.25, 0.3) is 0 Å². The molecule has 0 saturated carbocycles. The van der Waals surface area contributed by atoms with Gasteiger partial charge in [-0.25, -0.2) is 14.4 Å². The van der Waals surface area contributed by atoms with E-state index in [-0.39, 0.29) is 5.02 Å². The van der Waals surface area contributed by atoms with Crippen molar-refractivity contribution in [3.8, 4) is 5.69 Å². The molecule has 1 aliphatic heterocycles. The van der Waals surface area contributed by atoms with Gasteiger partial charge in [-0.15, -0.1) is 5.10 Å². The molecular formula is C20H20ClFN8. The summed E-state index contributed by atoms with van der Waals surface area (Å²) in [7, 11) is 2.15. The van der Waals surface area contributed by atoms with Crippen molar-refractivity contribution in [2.75, 3.05) is 20.1 Å². The molecule has 0 atom stereocenters. The van der Waals surface area contributed by atoms with Gasteiger partial charge < -0.3 is 4.90 Å². The molecule has 1 saturated heterocycles. The largest absolute Gasteiger partial charge is 0.306 e. The van der Waals surface area contributed by atoms with E-state index in [1.165, 1.54) is 16.8 Å². The Morgan fingerprint density at radius 2 is 2.03 bits per heavy atom. The third-order valence-corrected chi connectivity index (χ3v) is 5.78. The maximum absolute atomic E-state index is 13.9. The molecule has 0 amide bonds. The molecule has 8 nitrogen and oxygen atoms in total. The highest BCUT2D eigenvalue weighted by Crippen LogP contribution is 2.23. The van der Waals surface area contributed by atoms with Gasteiger partial charge in [0.2, 0.25) is 0 Å². The van der Waals surface area contributed by atoms with Crippen LogP contribution in [0, 0.1) is 5.82 Å². The summed E-state index contributed by atoms with van der Waals surface area (Å²) in [5.41, 5.74) is 2.60. The third-order valence-electron chi connectivity index (χ3n) is 5.47. The fraction of sp³-hybridized carbons (Fsp3) is 0.350. The molecule has 4 heterocycles. The topological polar surface area (TPSA) is 77.5 Å². The van der Waals surface area contributed by atoms with Crippen molar-refractivity contribution in [3.63, 3.8) is 0 Å². The lowest BCUT2D eigenvalue weighted by Crippen LogP contribution is -2.31. The lowest BCUT2D eigenvalue weighted by atomic mass is 10.1. The quantitative estimate of drug-likeness (QED) is 0.499. The van der Waals surface area contributed by atoms with Crippen molar-refractivity contribution in [3.05, 3.63) is 59.0 Å². The zero-order chi connectivity index (χ0) is 20.7. The Bertz CT molecular complexity index is 1190. The number of nitrogens with zero attached hydrogens (tertiary/aromatic N) is 8. The van der Waals surface area contributed by atoms with E-state index in [4.69, 9.17) is 11.6 Å². The predicted molar refractivity (Wildman–Crippen MR) is 110 cm³/mol. The summed E-state index contributed by atoms with van der Waals surface area (Å²) in [6.07, 6.45) is 8.33. The third kappa shape index (κ3) is 3.66. The van der Waals surface area contributed by atoms with Gasteiger partial charge >= 0.3 is 0 Å². The standard InChI is InChI=1S/C20H20ClFN8/c1-28-6-4-14(5-7-28)29-12-13(10-24-29)8-19-23-11-18-20(25-19)30(27-26-18)15-2-3-16(21)17(22)9-15/h2-3,9-12,14H,4-8H2,1H3. The Labute approximate surface area is 177 Å². The average molecular weight is 427 g/mol. The lowest BCUT2D eigenvalue weighted by molar-refractivity contribution is 0.212. The van der Waals surface area contributed by atoms with Crippen LogP contribution in [-0.4, -0.2) is 59.8 Å². The number of hydrogen-bond acceptors (Lipinski definition) is 6. The highest BCUT2D eigenvalue weighted by atomic mass is 35.5. The van der Waals surface area contributed by atoms with Crippen LogP contribution in [0.3, 0.4) is 0 Å². The monoisotopic (exact) mass is 426 g/mol. The van der Waals surface area contributed by atoms with Gasteiger partial charge in [-0.2, -0.15) is 9.78 Å². The summed E-state index contributed by atoms with van der Waals surface area (Å²) in [6.45, 7) is 2.17. The molecular weight excluding hydrogens is 407 g/mol. The van der Waals surface area contributed by atoms with Gasteiger partial charge in [0.1, 0.15) is 11.6 Å². The first-order chi connectivity index (χ1) is 14.6. The van der Waals surface area contributed by atoms with E-state index < -0.39 is 5.82 Å². The Balaban J connectivity index is 1.40. The smallest absolute Gasteiger partial charge is 0.187 e. The van der Waals surface area contributed by atoms with E-state index in [9.17, 15) is 4.39 Å². The number of fused-ring (bicyclic) bond motifs is 1. The molecule has 0 spiro atoms. The van der Waals surface area contributed by atoms with Crippen molar-refractivity contribution in [2.24, 2.45) is 0 Å². The van der Waals surface area contributed by atoms with Crippen LogP contribution >= 0.6 is 11.6 Å². The number of hydrogen-bond donors (Lipinski definition) is 0. The average Bonchev–Trinajstić information content (AvgIpc) is 3.38. The Hall–Kier alpha value is -2.91. The van der Waals surface area contributed by atoms with Crippen LogP contribution in [0.5, 0.6) is 0 Å². The van der Waals surface area contributed by atoms with Crippen LogP contribution in [0.4, 0.5) is 4.39 Å². The summed E-state index contributed by atoms with van der Waals surface area (Å²) < 4.78 is 17.4. The summed E-state index contributed by atoms with van der Waals surface area (Å²) >= 11 is 5.78. The first kappa shape index (κ1) is 19.1. The summed E-state index contributed by atoms with van der Waals surface area (Å²) in [4.78, 5) is 11.4. The van der Waals surface area contributed by atoms with Crippen LogP contribution in [0.15, 0.2) is 36.8 Å². The first-order valence-corrected chi connectivity index (χ1v) is 10.2. The van der Waals surface area contributed by atoms with Crippen molar-refractivity contribution < 1.29 is 4.39 Å². The van der Waals surface area contributed by atoms with Crippen LogP contribution in [0.25, 0.3) is 16.9 Å². The highest BCUT2D eigenvalue weighted by Gasteiger charge is 2.19. The van der Waals surface area contributed by atoms with Gasteiger partial charge in [0.15, 0.2) is 11.2 Å². The van der Waals surface area contributed by atoms with Crippen LogP contribution < -0.4 is 0 Å². The molecule has 10 heteroatoms. The second-order valence-corrected chi connectivity index (χ2v) is 8.04. The van der Waals surface area contributed by atoms with Gasteiger partial charge in [-0.1, -0.05) is 16.8 Å². The second kappa shape index (κ2) is 7.73. The van der Waals surface area contributed by atoms with Crippen molar-refractivity contribution >= 4 is 22.8 Å². The molecule has 5 rings (SSSR count). The molecule has 1 fully saturated rings. The fourth-order valence-electron chi connectivity index (χ4n) is 3.75. The molecule has 0 N–H and O–H groups in total. The Kier molecular flexibility index (Phi) is 4.92. The zero-order valence-corrected chi connectivity index (χ0v) is 17.2. The molecule has 0 aliphatic carbocycles. The van der Waals surface area contributed by atoms with Crippen LogP contribution in [0.1, 0.15) is 30.3 Å². The molecule has 154 valence electrons. The maximum atomic E-state index is 13.9. The van der Waals surface area contributed by atoms with E-state index in [1.807, 2.05) is 6.20 Å². The zero-order valence-electron chi connectivity index (χ0n) is 16.4. The first-order valence-electron chi connectivity index (χ1n) is 9.81. The molecule has 30 heavy (non-hydrogen) atoms. The molecule has 0 radical (unpaired) electrons. The molecule has 0 bridgehead atoms. The number of halogens is 2. The minimum absolute atomic E-state index is 0.0557. The normalized spacial score (nSPS) is 15.8. The lowest BCUT2D eigenvalue weighted by Gasteiger charge is -2.28. The summed E-state index contributed by atoms with van der Waals surface area (Å²) in [6, 6.07) is 4.90.